The van der Waals surface area contributed by atoms with Crippen molar-refractivity contribution in [2.24, 2.45) is 0 Å². The highest BCUT2D eigenvalue weighted by Gasteiger charge is 2.17. The van der Waals surface area contributed by atoms with Gasteiger partial charge in [-0.2, -0.15) is 9.61 Å². The largest absolute Gasteiger partial charge is 0.456 e. The zero-order valence-corrected chi connectivity index (χ0v) is 18.8. The van der Waals surface area contributed by atoms with E-state index in [4.69, 9.17) is 14.2 Å². The summed E-state index contributed by atoms with van der Waals surface area (Å²) in [5.74, 6) is 0.214. The molecule has 2 aromatic heterocycles. The highest BCUT2D eigenvalue weighted by molar-refractivity contribution is 7.16. The van der Waals surface area contributed by atoms with Crippen LogP contribution in [0, 0.1) is 0 Å². The summed E-state index contributed by atoms with van der Waals surface area (Å²) in [6, 6.07) is 12.5. The molecule has 1 aliphatic rings. The first-order valence-electron chi connectivity index (χ1n) is 10.4. The molecule has 0 atom stereocenters. The van der Waals surface area contributed by atoms with E-state index >= 15 is 0 Å². The molecule has 0 fully saturated rings. The van der Waals surface area contributed by atoms with Gasteiger partial charge in [0, 0.05) is 17.3 Å². The van der Waals surface area contributed by atoms with E-state index in [-0.39, 0.29) is 24.9 Å². The normalized spacial score (nSPS) is 12.0. The number of esters is 1. The second-order valence-electron chi connectivity index (χ2n) is 7.31. The molecule has 1 N–H and O–H groups in total. The van der Waals surface area contributed by atoms with E-state index in [9.17, 15) is 14.4 Å². The molecule has 1 amide bonds. The minimum absolute atomic E-state index is 0.130. The zero-order chi connectivity index (χ0) is 23.7. The van der Waals surface area contributed by atoms with Crippen molar-refractivity contribution in [2.75, 3.05) is 12.1 Å². The summed E-state index contributed by atoms with van der Waals surface area (Å²) in [4.78, 5) is 41.9. The molecule has 10 nitrogen and oxygen atoms in total. The third-order valence-corrected chi connectivity index (χ3v) is 6.06. The zero-order valence-electron chi connectivity index (χ0n) is 17.9. The van der Waals surface area contributed by atoms with Gasteiger partial charge in [0.1, 0.15) is 11.6 Å². The van der Waals surface area contributed by atoms with E-state index in [1.54, 1.807) is 42.5 Å². The van der Waals surface area contributed by atoms with Crippen LogP contribution in [0.1, 0.15) is 38.3 Å². The molecule has 0 saturated carbocycles. The van der Waals surface area contributed by atoms with Crippen molar-refractivity contribution in [3.63, 3.8) is 0 Å². The number of aryl methyl sites for hydroxylation is 1. The molecule has 0 radical (unpaired) electrons. The van der Waals surface area contributed by atoms with Crippen LogP contribution in [0.4, 0.5) is 5.69 Å². The topological polar surface area (TPSA) is 121 Å². The van der Waals surface area contributed by atoms with Crippen LogP contribution in [0.15, 0.2) is 53.3 Å². The molecule has 11 heteroatoms. The molecule has 4 aromatic rings. The summed E-state index contributed by atoms with van der Waals surface area (Å²) in [6.45, 7) is 1.93. The maximum atomic E-state index is 12.5. The summed E-state index contributed by atoms with van der Waals surface area (Å²) in [5.41, 5.74) is 1.24. The molecule has 172 valence electrons. The molecule has 0 saturated heterocycles. The smallest absolute Gasteiger partial charge is 0.338 e. The highest BCUT2D eigenvalue weighted by Crippen LogP contribution is 2.32. The van der Waals surface area contributed by atoms with Crippen molar-refractivity contribution >= 4 is 33.9 Å². The van der Waals surface area contributed by atoms with Crippen molar-refractivity contribution in [3.8, 4) is 11.5 Å². The van der Waals surface area contributed by atoms with Gasteiger partial charge in [0.25, 0.3) is 11.5 Å². The van der Waals surface area contributed by atoms with Gasteiger partial charge in [-0.1, -0.05) is 18.3 Å². The summed E-state index contributed by atoms with van der Waals surface area (Å²) >= 11 is 1.32. The van der Waals surface area contributed by atoms with E-state index < -0.39 is 5.97 Å². The van der Waals surface area contributed by atoms with Gasteiger partial charge >= 0.3 is 5.97 Å². The molecule has 0 aliphatic carbocycles. The first-order chi connectivity index (χ1) is 16.5. The third-order valence-electron chi connectivity index (χ3n) is 5.01. The fraction of sp³-hybridized carbons (Fsp3) is 0.174. The van der Waals surface area contributed by atoms with Gasteiger partial charge in [-0.05, 0) is 48.9 Å². The molecule has 0 bridgehead atoms. The minimum Gasteiger partial charge on any atom is -0.456 e. The summed E-state index contributed by atoms with van der Waals surface area (Å²) in [7, 11) is 0. The first-order valence-corrected chi connectivity index (χ1v) is 11.2. The van der Waals surface area contributed by atoms with Gasteiger partial charge in [-0.3, -0.25) is 9.59 Å². The number of anilines is 1. The van der Waals surface area contributed by atoms with Crippen LogP contribution in [0.5, 0.6) is 11.5 Å². The number of benzene rings is 2. The minimum atomic E-state index is -0.575. The SMILES string of the molecule is CCc1nn2c(=O)cc(COC(=O)c3ccc(NC(=O)c4ccc5c(c4)OCO5)cc3)nc2s1. The Morgan fingerprint density at radius 2 is 1.85 bits per heavy atom. The van der Waals surface area contributed by atoms with Crippen LogP contribution >= 0.6 is 11.3 Å². The summed E-state index contributed by atoms with van der Waals surface area (Å²) in [6.07, 6.45) is 0.699. The van der Waals surface area contributed by atoms with Gasteiger partial charge in [0.2, 0.25) is 11.8 Å². The standard InChI is InChI=1S/C23H18N4O6S/c1-2-19-26-27-20(28)10-16(25-23(27)34-19)11-31-22(30)13-3-6-15(7-4-13)24-21(29)14-5-8-17-18(9-14)33-12-32-17/h3-10H,2,11-12H2,1H3,(H,24,29). The number of nitrogens with one attached hydrogen (secondary N) is 1. The Morgan fingerprint density at radius 1 is 1.09 bits per heavy atom. The quantitative estimate of drug-likeness (QED) is 0.420. The molecule has 5 rings (SSSR count). The number of fused-ring (bicyclic) bond motifs is 2. The van der Waals surface area contributed by atoms with E-state index in [1.165, 1.54) is 21.9 Å². The number of rotatable bonds is 6. The van der Waals surface area contributed by atoms with Crippen LogP contribution < -0.4 is 20.3 Å². The van der Waals surface area contributed by atoms with Crippen molar-refractivity contribution in [1.29, 1.82) is 0 Å². The Hall–Kier alpha value is -4.25. The van der Waals surface area contributed by atoms with Crippen molar-refractivity contribution in [3.05, 3.63) is 80.7 Å². The van der Waals surface area contributed by atoms with Gasteiger partial charge in [0.15, 0.2) is 11.5 Å². The monoisotopic (exact) mass is 478 g/mol. The lowest BCUT2D eigenvalue weighted by atomic mass is 10.1. The highest BCUT2D eigenvalue weighted by atomic mass is 32.1. The number of carbonyl (C=O) groups excluding carboxylic acids is 2. The van der Waals surface area contributed by atoms with Crippen LogP contribution in [-0.4, -0.2) is 33.3 Å². The number of hydrogen-bond acceptors (Lipinski definition) is 9. The molecule has 34 heavy (non-hydrogen) atoms. The van der Waals surface area contributed by atoms with Gasteiger partial charge in [0.05, 0.1) is 11.3 Å². The lowest BCUT2D eigenvalue weighted by molar-refractivity contribution is 0.0467. The molecule has 1 aliphatic heterocycles. The van der Waals surface area contributed by atoms with Crippen LogP contribution in [0.2, 0.25) is 0 Å². The Balaban J connectivity index is 1.21. The van der Waals surface area contributed by atoms with Gasteiger partial charge in [-0.25, -0.2) is 9.78 Å². The lowest BCUT2D eigenvalue weighted by Crippen LogP contribution is -2.16. The molecule has 3 heterocycles. The average Bonchev–Trinajstić information content (AvgIpc) is 3.49. The van der Waals surface area contributed by atoms with Gasteiger partial charge < -0.3 is 19.5 Å². The predicted octanol–water partition coefficient (Wildman–Crippen LogP) is 3.05. The number of nitrogens with zero attached hydrogens (tertiary/aromatic N) is 3. The van der Waals surface area contributed by atoms with Crippen LogP contribution in [0.25, 0.3) is 4.96 Å². The number of carbonyl (C=O) groups is 2. The fourth-order valence-electron chi connectivity index (χ4n) is 3.27. The van der Waals surface area contributed by atoms with E-state index in [2.05, 4.69) is 15.4 Å². The number of amides is 1. The summed E-state index contributed by atoms with van der Waals surface area (Å²) < 4.78 is 17.1. The second-order valence-corrected chi connectivity index (χ2v) is 8.35. The first kappa shape index (κ1) is 21.6. The van der Waals surface area contributed by atoms with Crippen LogP contribution in [-0.2, 0) is 17.8 Å². The molecule has 0 unspecified atom stereocenters. The Labute approximate surface area is 196 Å². The lowest BCUT2D eigenvalue weighted by Gasteiger charge is -2.08. The average molecular weight is 478 g/mol. The molecule has 0 spiro atoms. The second kappa shape index (κ2) is 8.94. The van der Waals surface area contributed by atoms with Crippen molar-refractivity contribution in [2.45, 2.75) is 20.0 Å². The van der Waals surface area contributed by atoms with E-state index in [0.29, 0.717) is 45.4 Å². The molecule has 2 aromatic carbocycles. The Morgan fingerprint density at radius 3 is 2.65 bits per heavy atom. The van der Waals surface area contributed by atoms with Crippen LogP contribution in [0.3, 0.4) is 0 Å². The summed E-state index contributed by atoms with van der Waals surface area (Å²) in [5, 5.41) is 7.75. The predicted molar refractivity (Wildman–Crippen MR) is 123 cm³/mol. The third kappa shape index (κ3) is 4.33. The van der Waals surface area contributed by atoms with Crippen molar-refractivity contribution < 1.29 is 23.8 Å². The Bertz CT molecular complexity index is 1460. The maximum absolute atomic E-state index is 12.5. The van der Waals surface area contributed by atoms with Gasteiger partial charge in [-0.15, -0.1) is 0 Å². The molecular formula is C23H18N4O6S. The number of ether oxygens (including phenoxy) is 3. The fourth-order valence-corrected chi connectivity index (χ4v) is 4.12. The van der Waals surface area contributed by atoms with Crippen molar-refractivity contribution in [1.82, 2.24) is 14.6 Å². The number of aromatic nitrogens is 3. The Kier molecular flexibility index (Phi) is 5.68. The molecular weight excluding hydrogens is 460 g/mol. The van der Waals surface area contributed by atoms with E-state index in [1.807, 2.05) is 6.92 Å². The number of hydrogen-bond donors (Lipinski definition) is 1. The van der Waals surface area contributed by atoms with E-state index in [0.717, 1.165) is 5.01 Å². The maximum Gasteiger partial charge on any atom is 0.338 e.